The second-order valence-electron chi connectivity index (χ2n) is 4.99. The number of hydrogen-bond acceptors (Lipinski definition) is 5. The summed E-state index contributed by atoms with van der Waals surface area (Å²) in [5, 5.41) is 6.84. The highest BCUT2D eigenvalue weighted by molar-refractivity contribution is 5.94. The van der Waals surface area contributed by atoms with Crippen LogP contribution in [0.2, 0.25) is 0 Å². The van der Waals surface area contributed by atoms with Crippen molar-refractivity contribution >= 4 is 11.6 Å². The van der Waals surface area contributed by atoms with Gasteiger partial charge in [0.25, 0.3) is 5.56 Å². The van der Waals surface area contributed by atoms with E-state index in [0.29, 0.717) is 22.9 Å². The van der Waals surface area contributed by atoms with E-state index in [1.165, 1.54) is 13.2 Å². The number of hydrogen-bond donors (Lipinski definition) is 1. The van der Waals surface area contributed by atoms with Gasteiger partial charge in [0, 0.05) is 12.1 Å². The Morgan fingerprint density at radius 3 is 2.61 bits per heavy atom. The summed E-state index contributed by atoms with van der Waals surface area (Å²) in [6.07, 6.45) is 0. The molecule has 0 fully saturated rings. The number of benzene rings is 1. The molecule has 0 bridgehead atoms. The van der Waals surface area contributed by atoms with Gasteiger partial charge >= 0.3 is 0 Å². The molecule has 1 aromatic carbocycles. The van der Waals surface area contributed by atoms with Crippen LogP contribution in [0.25, 0.3) is 0 Å². The lowest BCUT2D eigenvalue weighted by Crippen LogP contribution is -2.33. The average Bonchev–Trinajstić information content (AvgIpc) is 2.56. The average molecular weight is 317 g/mol. The Morgan fingerprint density at radius 1 is 1.22 bits per heavy atom. The Hall–Kier alpha value is -2.83. The van der Waals surface area contributed by atoms with Gasteiger partial charge in [-0.15, -0.1) is 0 Å². The Kier molecular flexibility index (Phi) is 5.00. The lowest BCUT2D eigenvalue weighted by atomic mass is 10.2. The van der Waals surface area contributed by atoms with Gasteiger partial charge in [0.15, 0.2) is 0 Å². The van der Waals surface area contributed by atoms with Crippen LogP contribution in [0.15, 0.2) is 35.1 Å². The normalized spacial score (nSPS) is 11.7. The summed E-state index contributed by atoms with van der Waals surface area (Å²) in [6, 6.07) is 7.29. The summed E-state index contributed by atoms with van der Waals surface area (Å²) >= 11 is 0. The predicted molar refractivity (Wildman–Crippen MR) is 86.1 cm³/mol. The smallest absolute Gasteiger partial charge is 0.267 e. The van der Waals surface area contributed by atoms with E-state index in [9.17, 15) is 9.59 Å². The molecule has 122 valence electrons. The van der Waals surface area contributed by atoms with Crippen molar-refractivity contribution in [2.24, 2.45) is 0 Å². The fourth-order valence-corrected chi connectivity index (χ4v) is 2.05. The van der Waals surface area contributed by atoms with E-state index in [2.05, 4.69) is 10.4 Å². The topological polar surface area (TPSA) is 82.5 Å². The summed E-state index contributed by atoms with van der Waals surface area (Å²) in [6.45, 7) is 3.37. The molecule has 0 aliphatic rings. The number of anilines is 1. The number of amides is 1. The minimum absolute atomic E-state index is 0.333. The standard InChI is InChI=1S/C16H19N3O4/c1-10-5-8-15(20)19(18-10)11(2)16(21)17-13-7-6-12(22-3)9-14(13)23-4/h5-9,11H,1-4H3,(H,17,21). The highest BCUT2D eigenvalue weighted by Crippen LogP contribution is 2.29. The maximum absolute atomic E-state index is 12.4. The van der Waals surface area contributed by atoms with Crippen LogP contribution in [-0.4, -0.2) is 29.9 Å². The van der Waals surface area contributed by atoms with Gasteiger partial charge in [0.05, 0.1) is 25.6 Å². The van der Waals surface area contributed by atoms with Crippen molar-refractivity contribution in [2.75, 3.05) is 19.5 Å². The van der Waals surface area contributed by atoms with Gasteiger partial charge in [0.2, 0.25) is 5.91 Å². The molecule has 0 saturated heterocycles. The fraction of sp³-hybridized carbons (Fsp3) is 0.312. The van der Waals surface area contributed by atoms with E-state index in [0.717, 1.165) is 4.68 Å². The molecule has 1 heterocycles. The van der Waals surface area contributed by atoms with Gasteiger partial charge in [-0.25, -0.2) is 4.68 Å². The Labute approximate surface area is 133 Å². The largest absolute Gasteiger partial charge is 0.497 e. The molecule has 1 atom stereocenters. The highest BCUT2D eigenvalue weighted by atomic mass is 16.5. The number of aromatic nitrogens is 2. The lowest BCUT2D eigenvalue weighted by Gasteiger charge is -2.16. The number of methoxy groups -OCH3 is 2. The van der Waals surface area contributed by atoms with Crippen molar-refractivity contribution in [1.29, 1.82) is 0 Å². The van der Waals surface area contributed by atoms with Crippen molar-refractivity contribution < 1.29 is 14.3 Å². The van der Waals surface area contributed by atoms with Crippen LogP contribution in [0, 0.1) is 6.92 Å². The number of carbonyl (C=O) groups is 1. The van der Waals surface area contributed by atoms with Crippen LogP contribution >= 0.6 is 0 Å². The maximum atomic E-state index is 12.4. The van der Waals surface area contributed by atoms with Gasteiger partial charge in [0.1, 0.15) is 17.5 Å². The molecule has 1 N–H and O–H groups in total. The second kappa shape index (κ2) is 6.95. The molecule has 0 aliphatic heterocycles. The van der Waals surface area contributed by atoms with Crippen molar-refractivity contribution in [3.05, 3.63) is 46.4 Å². The van der Waals surface area contributed by atoms with E-state index in [-0.39, 0.29) is 11.5 Å². The molecule has 23 heavy (non-hydrogen) atoms. The number of nitrogens with one attached hydrogen (secondary N) is 1. The SMILES string of the molecule is COc1ccc(NC(=O)C(C)n2nc(C)ccc2=O)c(OC)c1. The maximum Gasteiger partial charge on any atom is 0.267 e. The number of carbonyl (C=O) groups excluding carboxylic acids is 1. The zero-order valence-corrected chi connectivity index (χ0v) is 13.5. The van der Waals surface area contributed by atoms with Crippen LogP contribution in [-0.2, 0) is 4.79 Å². The Bertz CT molecular complexity index is 770. The molecular formula is C16H19N3O4. The third kappa shape index (κ3) is 3.68. The predicted octanol–water partition coefficient (Wildman–Crippen LogP) is 1.77. The Balaban J connectivity index is 2.25. The molecule has 2 aromatic rings. The number of rotatable bonds is 5. The first kappa shape index (κ1) is 16.5. The minimum atomic E-state index is -0.755. The molecule has 0 saturated carbocycles. The summed E-state index contributed by atoms with van der Waals surface area (Å²) < 4.78 is 11.5. The summed E-state index contributed by atoms with van der Waals surface area (Å²) in [5.41, 5.74) is 0.817. The van der Waals surface area contributed by atoms with Crippen LogP contribution < -0.4 is 20.3 Å². The van der Waals surface area contributed by atoms with Crippen LogP contribution in [0.4, 0.5) is 5.69 Å². The van der Waals surface area contributed by atoms with Crippen molar-refractivity contribution in [2.45, 2.75) is 19.9 Å². The van der Waals surface area contributed by atoms with Gasteiger partial charge < -0.3 is 14.8 Å². The number of nitrogens with zero attached hydrogens (tertiary/aromatic N) is 2. The molecule has 7 heteroatoms. The van der Waals surface area contributed by atoms with Crippen LogP contribution in [0.1, 0.15) is 18.7 Å². The quantitative estimate of drug-likeness (QED) is 0.909. The van der Waals surface area contributed by atoms with Crippen LogP contribution in [0.5, 0.6) is 11.5 Å². The van der Waals surface area contributed by atoms with Crippen molar-refractivity contribution in [3.63, 3.8) is 0 Å². The van der Waals surface area contributed by atoms with Gasteiger partial charge in [-0.3, -0.25) is 9.59 Å². The zero-order chi connectivity index (χ0) is 17.0. The van der Waals surface area contributed by atoms with Crippen molar-refractivity contribution in [3.8, 4) is 11.5 Å². The highest BCUT2D eigenvalue weighted by Gasteiger charge is 2.19. The fourth-order valence-electron chi connectivity index (χ4n) is 2.05. The third-order valence-corrected chi connectivity index (χ3v) is 3.37. The van der Waals surface area contributed by atoms with Gasteiger partial charge in [-0.05, 0) is 32.0 Å². The molecule has 2 rings (SSSR count). The molecule has 0 spiro atoms. The van der Waals surface area contributed by atoms with Crippen molar-refractivity contribution in [1.82, 2.24) is 9.78 Å². The first-order valence-corrected chi connectivity index (χ1v) is 7.05. The van der Waals surface area contributed by atoms with Crippen LogP contribution in [0.3, 0.4) is 0 Å². The van der Waals surface area contributed by atoms with E-state index in [4.69, 9.17) is 9.47 Å². The molecule has 0 radical (unpaired) electrons. The first-order valence-electron chi connectivity index (χ1n) is 7.05. The first-order chi connectivity index (χ1) is 11.0. The van der Waals surface area contributed by atoms with E-state index in [1.54, 1.807) is 45.2 Å². The Morgan fingerprint density at radius 2 is 1.96 bits per heavy atom. The summed E-state index contributed by atoms with van der Waals surface area (Å²) in [4.78, 5) is 24.3. The molecular weight excluding hydrogens is 298 g/mol. The zero-order valence-electron chi connectivity index (χ0n) is 13.5. The molecule has 1 amide bonds. The van der Waals surface area contributed by atoms with E-state index >= 15 is 0 Å². The minimum Gasteiger partial charge on any atom is -0.497 e. The molecule has 0 aliphatic carbocycles. The second-order valence-corrected chi connectivity index (χ2v) is 4.99. The summed E-state index contributed by atoms with van der Waals surface area (Å²) in [5.74, 6) is 0.715. The summed E-state index contributed by atoms with van der Waals surface area (Å²) in [7, 11) is 3.05. The van der Waals surface area contributed by atoms with E-state index < -0.39 is 6.04 Å². The lowest BCUT2D eigenvalue weighted by molar-refractivity contribution is -0.119. The number of ether oxygens (including phenoxy) is 2. The monoisotopic (exact) mass is 317 g/mol. The van der Waals surface area contributed by atoms with Gasteiger partial charge in [-0.2, -0.15) is 5.10 Å². The molecule has 7 nitrogen and oxygen atoms in total. The molecule has 1 unspecified atom stereocenters. The molecule has 1 aromatic heterocycles. The third-order valence-electron chi connectivity index (χ3n) is 3.37. The number of aryl methyl sites for hydroxylation is 1. The van der Waals surface area contributed by atoms with E-state index in [1.807, 2.05) is 0 Å². The van der Waals surface area contributed by atoms with Gasteiger partial charge in [-0.1, -0.05) is 0 Å².